The van der Waals surface area contributed by atoms with E-state index in [0.717, 1.165) is 11.3 Å². The summed E-state index contributed by atoms with van der Waals surface area (Å²) < 4.78 is 15.4. The first-order valence-electron chi connectivity index (χ1n) is 5.69. The fraction of sp³-hybridized carbons (Fsp3) is 0.357. The zero-order valence-electron chi connectivity index (χ0n) is 10.7. The first kappa shape index (κ1) is 11.8. The molecule has 2 aromatic rings. The lowest BCUT2D eigenvalue weighted by Crippen LogP contribution is -2.14. The summed E-state index contributed by atoms with van der Waals surface area (Å²) in [6.07, 6.45) is 0. The highest BCUT2D eigenvalue weighted by molar-refractivity contribution is 5.64. The number of aryl methyl sites for hydroxylation is 1. The van der Waals surface area contributed by atoms with Crippen molar-refractivity contribution in [3.8, 4) is 11.3 Å². The van der Waals surface area contributed by atoms with Crippen LogP contribution in [-0.4, -0.2) is 9.78 Å². The summed E-state index contributed by atoms with van der Waals surface area (Å²) in [5.41, 5.74) is 2.10. The van der Waals surface area contributed by atoms with Gasteiger partial charge in [-0.2, -0.15) is 9.49 Å². The molecular formula is C14H17FN2. The minimum absolute atomic E-state index is 0.253. The molecule has 0 aliphatic heterocycles. The van der Waals surface area contributed by atoms with E-state index in [1.54, 1.807) is 7.05 Å². The van der Waals surface area contributed by atoms with Crippen molar-refractivity contribution >= 4 is 0 Å². The van der Waals surface area contributed by atoms with Crippen LogP contribution >= 0.6 is 0 Å². The molecule has 17 heavy (non-hydrogen) atoms. The van der Waals surface area contributed by atoms with Crippen LogP contribution in [0.5, 0.6) is 0 Å². The average Bonchev–Trinajstić information content (AvgIpc) is 2.56. The number of nitrogens with zero attached hydrogens (tertiary/aromatic N) is 2. The van der Waals surface area contributed by atoms with Crippen molar-refractivity contribution in [1.29, 1.82) is 0 Å². The van der Waals surface area contributed by atoms with Crippen molar-refractivity contribution in [2.75, 3.05) is 0 Å². The molecule has 0 fully saturated rings. The predicted octanol–water partition coefficient (Wildman–Crippen LogP) is 3.52. The Hall–Kier alpha value is -1.64. The average molecular weight is 232 g/mol. The first-order valence-corrected chi connectivity index (χ1v) is 5.69. The minimum atomic E-state index is -0.260. The summed E-state index contributed by atoms with van der Waals surface area (Å²) in [5, 5.41) is 4.29. The Labute approximate surface area is 101 Å². The lowest BCUT2D eigenvalue weighted by atomic mass is 9.85. The van der Waals surface area contributed by atoms with Crippen LogP contribution in [-0.2, 0) is 12.5 Å². The molecule has 0 N–H and O–H groups in total. The van der Waals surface area contributed by atoms with Gasteiger partial charge in [0.25, 0.3) is 0 Å². The van der Waals surface area contributed by atoms with E-state index in [2.05, 4.69) is 5.10 Å². The Morgan fingerprint density at radius 2 is 1.71 bits per heavy atom. The zero-order chi connectivity index (χ0) is 12.6. The molecule has 0 bridgehead atoms. The van der Waals surface area contributed by atoms with E-state index in [4.69, 9.17) is 0 Å². The van der Waals surface area contributed by atoms with E-state index < -0.39 is 0 Å². The minimum Gasteiger partial charge on any atom is -0.242 e. The summed E-state index contributed by atoms with van der Waals surface area (Å²) in [5.74, 6) is -0.253. The maximum absolute atomic E-state index is 14.1. The molecule has 1 aromatic heterocycles. The third-order valence-corrected chi connectivity index (χ3v) is 2.77. The standard InChI is InChI=1S/C14H17FN2/c1-14(2,3)11-12(16-17(4)13(11)15)10-8-6-5-7-9-10/h5-9H,1-4H3. The number of aromatic nitrogens is 2. The number of hydrogen-bond acceptors (Lipinski definition) is 1. The van der Waals surface area contributed by atoms with Crippen LogP contribution in [0.4, 0.5) is 4.39 Å². The molecule has 1 aromatic carbocycles. The Kier molecular flexibility index (Phi) is 2.77. The molecule has 0 atom stereocenters. The lowest BCUT2D eigenvalue weighted by Gasteiger charge is -2.18. The molecule has 3 heteroatoms. The Balaban J connectivity index is 2.67. The molecule has 0 aliphatic carbocycles. The second kappa shape index (κ2) is 3.99. The highest BCUT2D eigenvalue weighted by Crippen LogP contribution is 2.33. The molecule has 0 unspecified atom stereocenters. The maximum Gasteiger partial charge on any atom is 0.215 e. The van der Waals surface area contributed by atoms with Gasteiger partial charge in [-0.1, -0.05) is 51.1 Å². The monoisotopic (exact) mass is 232 g/mol. The summed E-state index contributed by atoms with van der Waals surface area (Å²) in [4.78, 5) is 0. The van der Waals surface area contributed by atoms with Gasteiger partial charge in [-0.15, -0.1) is 0 Å². The van der Waals surface area contributed by atoms with Crippen molar-refractivity contribution in [1.82, 2.24) is 9.78 Å². The molecule has 0 saturated heterocycles. The summed E-state index contributed by atoms with van der Waals surface area (Å²) >= 11 is 0. The normalized spacial score (nSPS) is 11.8. The van der Waals surface area contributed by atoms with Gasteiger partial charge in [0.15, 0.2) is 0 Å². The van der Waals surface area contributed by atoms with Gasteiger partial charge >= 0.3 is 0 Å². The maximum atomic E-state index is 14.1. The van der Waals surface area contributed by atoms with E-state index >= 15 is 0 Å². The largest absolute Gasteiger partial charge is 0.242 e. The number of halogens is 1. The van der Waals surface area contributed by atoms with Crippen molar-refractivity contribution in [3.63, 3.8) is 0 Å². The molecule has 0 radical (unpaired) electrons. The van der Waals surface area contributed by atoms with Gasteiger partial charge in [-0.25, -0.2) is 4.68 Å². The molecular weight excluding hydrogens is 215 g/mol. The van der Waals surface area contributed by atoms with Crippen molar-refractivity contribution < 1.29 is 4.39 Å². The van der Waals surface area contributed by atoms with E-state index in [1.165, 1.54) is 4.68 Å². The summed E-state index contributed by atoms with van der Waals surface area (Å²) in [6, 6.07) is 9.73. The van der Waals surface area contributed by atoms with Gasteiger partial charge in [0.2, 0.25) is 5.95 Å². The molecule has 0 saturated carbocycles. The van der Waals surface area contributed by atoms with Crippen molar-refractivity contribution in [2.24, 2.45) is 7.05 Å². The number of benzene rings is 1. The Morgan fingerprint density at radius 1 is 1.12 bits per heavy atom. The van der Waals surface area contributed by atoms with Gasteiger partial charge in [-0.3, -0.25) is 0 Å². The number of rotatable bonds is 1. The Morgan fingerprint density at radius 3 is 2.24 bits per heavy atom. The SMILES string of the molecule is Cn1nc(-c2ccccc2)c(C(C)(C)C)c1F. The van der Waals surface area contributed by atoms with Gasteiger partial charge in [0.05, 0.1) is 5.69 Å². The molecule has 90 valence electrons. The second-order valence-electron chi connectivity index (χ2n) is 5.25. The molecule has 2 rings (SSSR count). The van der Waals surface area contributed by atoms with E-state index in [9.17, 15) is 4.39 Å². The van der Waals surface area contributed by atoms with Gasteiger partial charge in [0, 0.05) is 18.2 Å². The van der Waals surface area contributed by atoms with Crippen LogP contribution in [0.25, 0.3) is 11.3 Å². The zero-order valence-corrected chi connectivity index (χ0v) is 10.7. The Bertz CT molecular complexity index is 521. The molecule has 0 spiro atoms. The third kappa shape index (κ3) is 2.09. The second-order valence-corrected chi connectivity index (χ2v) is 5.25. The van der Waals surface area contributed by atoms with Crippen LogP contribution < -0.4 is 0 Å². The highest BCUT2D eigenvalue weighted by Gasteiger charge is 2.27. The topological polar surface area (TPSA) is 17.8 Å². The van der Waals surface area contributed by atoms with Gasteiger partial charge in [0.1, 0.15) is 0 Å². The van der Waals surface area contributed by atoms with Crippen molar-refractivity contribution in [2.45, 2.75) is 26.2 Å². The molecule has 1 heterocycles. The fourth-order valence-corrected chi connectivity index (χ4v) is 1.97. The molecule has 0 amide bonds. The van der Waals surface area contributed by atoms with Crippen LogP contribution in [0.1, 0.15) is 26.3 Å². The van der Waals surface area contributed by atoms with Crippen LogP contribution in [0.3, 0.4) is 0 Å². The van der Waals surface area contributed by atoms with E-state index in [0.29, 0.717) is 5.56 Å². The van der Waals surface area contributed by atoms with Crippen molar-refractivity contribution in [3.05, 3.63) is 41.8 Å². The van der Waals surface area contributed by atoms with Crippen LogP contribution in [0, 0.1) is 5.95 Å². The fourth-order valence-electron chi connectivity index (χ4n) is 1.97. The number of hydrogen-bond donors (Lipinski definition) is 0. The third-order valence-electron chi connectivity index (χ3n) is 2.77. The summed E-state index contributed by atoms with van der Waals surface area (Å²) in [7, 11) is 1.64. The van der Waals surface area contributed by atoms with Crippen LogP contribution in [0.15, 0.2) is 30.3 Å². The molecule has 2 nitrogen and oxygen atoms in total. The van der Waals surface area contributed by atoms with E-state index in [-0.39, 0.29) is 11.4 Å². The smallest absolute Gasteiger partial charge is 0.215 e. The van der Waals surface area contributed by atoms with E-state index in [1.807, 2.05) is 51.1 Å². The quantitative estimate of drug-likeness (QED) is 0.735. The predicted molar refractivity (Wildman–Crippen MR) is 67.3 cm³/mol. The lowest BCUT2D eigenvalue weighted by molar-refractivity contribution is 0.464. The summed E-state index contributed by atoms with van der Waals surface area (Å²) in [6.45, 7) is 6.00. The van der Waals surface area contributed by atoms with Gasteiger partial charge < -0.3 is 0 Å². The highest BCUT2D eigenvalue weighted by atomic mass is 19.1. The first-order chi connectivity index (χ1) is 7.91. The van der Waals surface area contributed by atoms with Crippen LogP contribution in [0.2, 0.25) is 0 Å². The van der Waals surface area contributed by atoms with Gasteiger partial charge in [-0.05, 0) is 5.41 Å². The molecule has 0 aliphatic rings.